The number of hydrogen-bond donors (Lipinski definition) is 2. The Morgan fingerprint density at radius 2 is 1.60 bits per heavy atom. The molecule has 7 heteroatoms. The summed E-state index contributed by atoms with van der Waals surface area (Å²) in [6.07, 6.45) is -0.938. The van der Waals surface area contributed by atoms with Crippen molar-refractivity contribution in [2.75, 3.05) is 0 Å². The van der Waals surface area contributed by atoms with Gasteiger partial charge < -0.3 is 15.6 Å². The van der Waals surface area contributed by atoms with E-state index in [1.54, 1.807) is 0 Å². The van der Waals surface area contributed by atoms with Crippen LogP contribution < -0.4 is 5.73 Å². The van der Waals surface area contributed by atoms with E-state index in [4.69, 9.17) is 15.6 Å². The molecule has 0 aromatic carbocycles. The van der Waals surface area contributed by atoms with Crippen molar-refractivity contribution in [3.05, 3.63) is 0 Å². The number of carboxylic acid groups (broad SMARTS) is 1. The second-order valence-electron chi connectivity index (χ2n) is 3.75. The van der Waals surface area contributed by atoms with E-state index in [1.165, 1.54) is 0 Å². The molecule has 1 amide bonds. The first-order valence-corrected chi connectivity index (χ1v) is 6.24. The van der Waals surface area contributed by atoms with E-state index in [9.17, 15) is 9.59 Å². The minimum Gasteiger partial charge on any atom is -0.481 e. The number of alkyl halides is 2. The summed E-state index contributed by atoms with van der Waals surface area (Å²) in [5.41, 5.74) is 5.20. The van der Waals surface area contributed by atoms with Gasteiger partial charge >= 0.3 is 5.97 Å². The minimum atomic E-state index is -1.03. The van der Waals surface area contributed by atoms with E-state index in [1.807, 2.05) is 0 Å². The minimum absolute atomic E-state index is 0.0735. The van der Waals surface area contributed by atoms with E-state index in [2.05, 4.69) is 31.9 Å². The summed E-state index contributed by atoms with van der Waals surface area (Å²) in [5.74, 6) is -3.23. The SMILES string of the molecule is NC(=O)[C@@H]1[C@H]2O[C@@H]([C@H](Br)[C@H]2Br)[C@H]1C(=O)O. The fourth-order valence-electron chi connectivity index (χ4n) is 2.30. The Labute approximate surface area is 103 Å². The molecular weight excluding hydrogens is 334 g/mol. The molecule has 0 unspecified atom stereocenters. The number of amides is 1. The lowest BCUT2D eigenvalue weighted by atomic mass is 9.79. The van der Waals surface area contributed by atoms with Crippen LogP contribution in [0.5, 0.6) is 0 Å². The first-order valence-electron chi connectivity index (χ1n) is 4.41. The molecule has 0 aliphatic carbocycles. The molecule has 2 aliphatic rings. The third-order valence-corrected chi connectivity index (χ3v) is 5.85. The number of rotatable bonds is 2. The van der Waals surface area contributed by atoms with Crippen molar-refractivity contribution in [2.24, 2.45) is 17.6 Å². The molecule has 84 valence electrons. The number of aliphatic carboxylic acids is 1. The molecule has 15 heavy (non-hydrogen) atoms. The van der Waals surface area contributed by atoms with Crippen LogP contribution in [-0.2, 0) is 14.3 Å². The van der Waals surface area contributed by atoms with Gasteiger partial charge in [-0.2, -0.15) is 0 Å². The Kier molecular flexibility index (Phi) is 2.81. The summed E-state index contributed by atoms with van der Waals surface area (Å²) < 4.78 is 5.47. The van der Waals surface area contributed by atoms with Crippen molar-refractivity contribution >= 4 is 43.7 Å². The zero-order valence-electron chi connectivity index (χ0n) is 7.47. The van der Waals surface area contributed by atoms with Gasteiger partial charge in [-0.25, -0.2) is 0 Å². The van der Waals surface area contributed by atoms with E-state index in [-0.39, 0.29) is 9.65 Å². The first kappa shape index (κ1) is 11.3. The molecule has 2 rings (SSSR count). The quantitative estimate of drug-likeness (QED) is 0.696. The summed E-state index contributed by atoms with van der Waals surface area (Å²) in [6, 6.07) is 0. The van der Waals surface area contributed by atoms with Crippen LogP contribution in [0.1, 0.15) is 0 Å². The molecule has 2 aliphatic heterocycles. The molecule has 0 spiro atoms. The van der Waals surface area contributed by atoms with E-state index in [0.29, 0.717) is 0 Å². The Hall–Kier alpha value is -0.140. The normalized spacial score (nSPS) is 48.1. The molecule has 2 fully saturated rings. The van der Waals surface area contributed by atoms with Gasteiger partial charge in [-0.05, 0) is 0 Å². The number of carbonyl (C=O) groups is 2. The highest BCUT2D eigenvalue weighted by molar-refractivity contribution is 9.12. The molecule has 2 heterocycles. The second-order valence-corrected chi connectivity index (χ2v) is 5.86. The van der Waals surface area contributed by atoms with E-state index < -0.39 is 35.9 Å². The highest BCUT2D eigenvalue weighted by Crippen LogP contribution is 2.49. The Balaban J connectivity index is 2.32. The average molecular weight is 343 g/mol. The van der Waals surface area contributed by atoms with Crippen molar-refractivity contribution < 1.29 is 19.4 Å². The maximum absolute atomic E-state index is 11.2. The average Bonchev–Trinajstić information content (AvgIpc) is 2.64. The maximum atomic E-state index is 11.2. The van der Waals surface area contributed by atoms with Gasteiger partial charge in [-0.15, -0.1) is 0 Å². The van der Waals surface area contributed by atoms with E-state index >= 15 is 0 Å². The number of hydrogen-bond acceptors (Lipinski definition) is 3. The lowest BCUT2D eigenvalue weighted by Gasteiger charge is -2.28. The van der Waals surface area contributed by atoms with Crippen molar-refractivity contribution in [1.82, 2.24) is 0 Å². The summed E-state index contributed by atoms with van der Waals surface area (Å²) in [6.45, 7) is 0. The van der Waals surface area contributed by atoms with Gasteiger partial charge in [0.1, 0.15) is 0 Å². The van der Waals surface area contributed by atoms with Crippen LogP contribution in [0.4, 0.5) is 0 Å². The van der Waals surface area contributed by atoms with Gasteiger partial charge in [0, 0.05) is 0 Å². The van der Waals surface area contributed by atoms with Gasteiger partial charge in [0.05, 0.1) is 33.7 Å². The number of ether oxygens (including phenoxy) is 1. The number of nitrogens with two attached hydrogens (primary N) is 1. The first-order chi connectivity index (χ1) is 6.95. The van der Waals surface area contributed by atoms with Crippen molar-refractivity contribution in [3.8, 4) is 0 Å². The van der Waals surface area contributed by atoms with Gasteiger partial charge in [0.2, 0.25) is 5.91 Å². The van der Waals surface area contributed by atoms with E-state index in [0.717, 1.165) is 0 Å². The predicted molar refractivity (Wildman–Crippen MR) is 57.9 cm³/mol. The summed E-state index contributed by atoms with van der Waals surface area (Å²) in [4.78, 5) is 22.1. The molecule has 0 aromatic rings. The topological polar surface area (TPSA) is 89.6 Å². The zero-order valence-corrected chi connectivity index (χ0v) is 10.6. The Morgan fingerprint density at radius 3 is 2.00 bits per heavy atom. The molecule has 6 atom stereocenters. The van der Waals surface area contributed by atoms with Crippen LogP contribution in [0.2, 0.25) is 0 Å². The molecular formula is C8H9Br2NO4. The van der Waals surface area contributed by atoms with Crippen LogP contribution >= 0.6 is 31.9 Å². The third kappa shape index (κ3) is 1.52. The zero-order chi connectivity index (χ0) is 11.3. The van der Waals surface area contributed by atoms with Crippen molar-refractivity contribution in [2.45, 2.75) is 21.9 Å². The van der Waals surface area contributed by atoms with Crippen LogP contribution in [0, 0.1) is 11.8 Å². The third-order valence-electron chi connectivity index (χ3n) is 2.95. The van der Waals surface area contributed by atoms with Crippen LogP contribution in [-0.4, -0.2) is 38.8 Å². The number of halogens is 2. The fraction of sp³-hybridized carbons (Fsp3) is 0.750. The van der Waals surface area contributed by atoms with Crippen LogP contribution in [0.25, 0.3) is 0 Å². The van der Waals surface area contributed by atoms with Crippen LogP contribution in [0.15, 0.2) is 0 Å². The fourth-order valence-corrected chi connectivity index (χ4v) is 3.81. The predicted octanol–water partition coefficient (Wildman–Crippen LogP) is 0.0967. The largest absolute Gasteiger partial charge is 0.481 e. The molecule has 3 N–H and O–H groups in total. The smallest absolute Gasteiger partial charge is 0.310 e. The molecule has 2 bridgehead atoms. The molecule has 0 radical (unpaired) electrons. The van der Waals surface area contributed by atoms with Gasteiger partial charge in [-0.1, -0.05) is 31.9 Å². The van der Waals surface area contributed by atoms with Gasteiger partial charge in [-0.3, -0.25) is 9.59 Å². The van der Waals surface area contributed by atoms with Crippen LogP contribution in [0.3, 0.4) is 0 Å². The molecule has 0 aromatic heterocycles. The summed E-state index contributed by atoms with van der Waals surface area (Å²) in [5, 5.41) is 9.03. The number of fused-ring (bicyclic) bond motifs is 2. The number of carboxylic acids is 1. The molecule has 0 saturated carbocycles. The van der Waals surface area contributed by atoms with Gasteiger partial charge in [0.25, 0.3) is 0 Å². The summed E-state index contributed by atoms with van der Waals surface area (Å²) in [7, 11) is 0. The molecule has 2 saturated heterocycles. The van der Waals surface area contributed by atoms with Crippen molar-refractivity contribution in [1.29, 1.82) is 0 Å². The lowest BCUT2D eigenvalue weighted by molar-refractivity contribution is -0.147. The monoisotopic (exact) mass is 341 g/mol. The Bertz CT molecular complexity index is 294. The number of primary amides is 1. The highest BCUT2D eigenvalue weighted by Gasteiger charge is 2.62. The second kappa shape index (κ2) is 3.71. The highest BCUT2D eigenvalue weighted by atomic mass is 79.9. The molecule has 5 nitrogen and oxygen atoms in total. The standard InChI is InChI=1S/C8H9Br2NO4/c9-3-4(10)6-2(8(13)14)1(7(11)12)5(3)15-6/h1-6H,(H2,11,12)(H,13,14)/t1-,2-,3+,4+,5+,6+/m0/s1. The van der Waals surface area contributed by atoms with Gasteiger partial charge in [0.15, 0.2) is 0 Å². The summed E-state index contributed by atoms with van der Waals surface area (Å²) >= 11 is 6.73. The Morgan fingerprint density at radius 1 is 1.13 bits per heavy atom. The lowest BCUT2D eigenvalue weighted by Crippen LogP contribution is -2.49. The maximum Gasteiger partial charge on any atom is 0.310 e. The van der Waals surface area contributed by atoms with Crippen molar-refractivity contribution in [3.63, 3.8) is 0 Å². The number of carbonyl (C=O) groups excluding carboxylic acids is 1.